The van der Waals surface area contributed by atoms with Crippen LogP contribution in [0.3, 0.4) is 0 Å². The van der Waals surface area contributed by atoms with E-state index < -0.39 is 0 Å². The lowest BCUT2D eigenvalue weighted by Gasteiger charge is -2.15. The highest BCUT2D eigenvalue weighted by molar-refractivity contribution is 6.03. The predicted octanol–water partition coefficient (Wildman–Crippen LogP) is 14.8. The molecule has 300 valence electrons. The first-order chi connectivity index (χ1) is 31.7. The third kappa shape index (κ3) is 7.74. The van der Waals surface area contributed by atoms with E-state index in [1.54, 1.807) is 0 Å². The minimum Gasteiger partial charge on any atom is -0.228 e. The van der Waals surface area contributed by atoms with Crippen LogP contribution < -0.4 is 0 Å². The minimum atomic E-state index is 0.627. The fourth-order valence-corrected chi connectivity index (χ4v) is 8.33. The molecule has 64 heavy (non-hydrogen) atoms. The van der Waals surface area contributed by atoms with Gasteiger partial charge in [0, 0.05) is 38.9 Å². The molecule has 11 aromatic rings. The van der Waals surface area contributed by atoms with Gasteiger partial charge in [0.25, 0.3) is 0 Å². The molecule has 5 nitrogen and oxygen atoms in total. The second-order valence-electron chi connectivity index (χ2n) is 15.7. The quantitative estimate of drug-likeness (QED) is 0.145. The van der Waals surface area contributed by atoms with Gasteiger partial charge in [-0.05, 0) is 62.9 Å². The van der Waals surface area contributed by atoms with Crippen LogP contribution in [0.1, 0.15) is 0 Å². The Kier molecular flexibility index (Phi) is 10.2. The molecule has 0 N–H and O–H groups in total. The zero-order valence-electron chi connectivity index (χ0n) is 34.8. The summed E-state index contributed by atoms with van der Waals surface area (Å²) < 4.78 is 0. The zero-order chi connectivity index (χ0) is 42.7. The highest BCUT2D eigenvalue weighted by Gasteiger charge is 2.19. The van der Waals surface area contributed by atoms with Gasteiger partial charge in [0.15, 0.2) is 23.3 Å². The Morgan fingerprint density at radius 3 is 1.20 bits per heavy atom. The van der Waals surface area contributed by atoms with Crippen LogP contribution >= 0.6 is 0 Å². The van der Waals surface area contributed by atoms with Crippen molar-refractivity contribution < 1.29 is 0 Å². The molecule has 0 amide bonds. The smallest absolute Gasteiger partial charge is 0.164 e. The van der Waals surface area contributed by atoms with Gasteiger partial charge in [0.05, 0.1) is 11.4 Å². The summed E-state index contributed by atoms with van der Waals surface area (Å²) in [6.07, 6.45) is 0. The summed E-state index contributed by atoms with van der Waals surface area (Å²) in [7, 11) is 0. The SMILES string of the molecule is c1ccc(-c2cc(-c3cccc(-c4cccc(-c5ccc(-c6c(-c7nc(-c8ccccc8)nc(-c8ccccc8)n7)ccc7ccccc67)cc5)c4)c3)nc(-c3ccccc3)n2)cc1. The van der Waals surface area contributed by atoms with Gasteiger partial charge in [-0.2, -0.15) is 0 Å². The van der Waals surface area contributed by atoms with Gasteiger partial charge in [-0.1, -0.05) is 212 Å². The van der Waals surface area contributed by atoms with E-state index in [-0.39, 0.29) is 0 Å². The molecular formula is C59H39N5. The summed E-state index contributed by atoms with van der Waals surface area (Å²) >= 11 is 0. The van der Waals surface area contributed by atoms with Crippen molar-refractivity contribution in [2.75, 3.05) is 0 Å². The first-order valence-electron chi connectivity index (χ1n) is 21.4. The molecule has 5 heteroatoms. The maximum absolute atomic E-state index is 5.13. The Bertz CT molecular complexity index is 3290. The summed E-state index contributed by atoms with van der Waals surface area (Å²) in [4.78, 5) is 25.3. The molecule has 0 bridgehead atoms. The van der Waals surface area contributed by atoms with Crippen LogP contribution in [0.25, 0.3) is 112 Å². The van der Waals surface area contributed by atoms with Crippen molar-refractivity contribution in [2.45, 2.75) is 0 Å². The average molecular weight is 818 g/mol. The van der Waals surface area contributed by atoms with Gasteiger partial charge in [-0.15, -0.1) is 0 Å². The van der Waals surface area contributed by atoms with Crippen molar-refractivity contribution in [2.24, 2.45) is 0 Å². The standard InChI is InChI=1S/C59H39N5/c1-5-18-42(19-6-1)53-39-54(61-56(60-53)44-20-7-2-8-21-44)50-29-16-28-49(38-50)48-27-15-26-47(37-48)40-31-33-43(34-32-40)55-51-30-14-13-17-41(51)35-36-52(55)59-63-57(45-22-9-3-10-23-45)62-58(64-59)46-24-11-4-12-25-46/h1-39H. The highest BCUT2D eigenvalue weighted by atomic mass is 15.0. The molecule has 0 saturated heterocycles. The fraction of sp³-hybridized carbons (Fsp3) is 0. The highest BCUT2D eigenvalue weighted by Crippen LogP contribution is 2.39. The van der Waals surface area contributed by atoms with Gasteiger partial charge >= 0.3 is 0 Å². The molecule has 0 aliphatic rings. The second kappa shape index (κ2) is 17.0. The van der Waals surface area contributed by atoms with E-state index in [0.717, 1.165) is 88.9 Å². The molecule has 2 heterocycles. The molecule has 0 fully saturated rings. The largest absolute Gasteiger partial charge is 0.228 e. The van der Waals surface area contributed by atoms with Crippen LogP contribution in [0.5, 0.6) is 0 Å². The number of aromatic nitrogens is 5. The van der Waals surface area contributed by atoms with Gasteiger partial charge in [-0.25, -0.2) is 24.9 Å². The van der Waals surface area contributed by atoms with Crippen molar-refractivity contribution in [1.29, 1.82) is 0 Å². The molecule has 2 aromatic heterocycles. The fourth-order valence-electron chi connectivity index (χ4n) is 8.33. The van der Waals surface area contributed by atoms with Crippen molar-refractivity contribution in [3.63, 3.8) is 0 Å². The van der Waals surface area contributed by atoms with Crippen LogP contribution in [0.2, 0.25) is 0 Å². The van der Waals surface area contributed by atoms with Crippen LogP contribution in [0.4, 0.5) is 0 Å². The van der Waals surface area contributed by atoms with Crippen molar-refractivity contribution in [3.8, 4) is 101 Å². The third-order valence-corrected chi connectivity index (χ3v) is 11.6. The zero-order valence-corrected chi connectivity index (χ0v) is 34.8. The molecule has 0 aliphatic carbocycles. The number of benzene rings is 9. The number of hydrogen-bond donors (Lipinski definition) is 0. The molecule has 0 saturated carbocycles. The van der Waals surface area contributed by atoms with E-state index >= 15 is 0 Å². The van der Waals surface area contributed by atoms with Crippen molar-refractivity contribution in [1.82, 2.24) is 24.9 Å². The van der Waals surface area contributed by atoms with Gasteiger partial charge in [-0.3, -0.25) is 0 Å². The number of fused-ring (bicyclic) bond motifs is 1. The molecule has 11 rings (SSSR count). The second-order valence-corrected chi connectivity index (χ2v) is 15.7. The van der Waals surface area contributed by atoms with Crippen molar-refractivity contribution in [3.05, 3.63) is 237 Å². The lowest BCUT2D eigenvalue weighted by molar-refractivity contribution is 1.07. The molecule has 9 aromatic carbocycles. The van der Waals surface area contributed by atoms with E-state index in [1.165, 1.54) is 0 Å². The van der Waals surface area contributed by atoms with Crippen LogP contribution in [-0.4, -0.2) is 24.9 Å². The van der Waals surface area contributed by atoms with Crippen LogP contribution in [-0.2, 0) is 0 Å². The van der Waals surface area contributed by atoms with E-state index in [9.17, 15) is 0 Å². The maximum atomic E-state index is 5.13. The number of hydrogen-bond acceptors (Lipinski definition) is 5. The molecular weight excluding hydrogens is 779 g/mol. The molecule has 0 radical (unpaired) electrons. The Morgan fingerprint density at radius 1 is 0.219 bits per heavy atom. The Morgan fingerprint density at radius 2 is 0.625 bits per heavy atom. The van der Waals surface area contributed by atoms with Crippen LogP contribution in [0.15, 0.2) is 237 Å². The van der Waals surface area contributed by atoms with E-state index in [2.05, 4.69) is 140 Å². The lowest BCUT2D eigenvalue weighted by atomic mass is 9.91. The Hall–Kier alpha value is -8.67. The van der Waals surface area contributed by atoms with E-state index in [0.29, 0.717) is 23.3 Å². The summed E-state index contributed by atoms with van der Waals surface area (Å²) in [6.45, 7) is 0. The third-order valence-electron chi connectivity index (χ3n) is 11.6. The first-order valence-corrected chi connectivity index (χ1v) is 21.4. The van der Waals surface area contributed by atoms with E-state index in [1.807, 2.05) is 97.1 Å². The summed E-state index contributed by atoms with van der Waals surface area (Å²) in [5.41, 5.74) is 14.3. The molecule has 0 aliphatic heterocycles. The first kappa shape index (κ1) is 38.3. The summed E-state index contributed by atoms with van der Waals surface area (Å²) in [5, 5.41) is 2.28. The van der Waals surface area contributed by atoms with Gasteiger partial charge in [0.1, 0.15) is 0 Å². The topological polar surface area (TPSA) is 64.5 Å². The normalized spacial score (nSPS) is 11.1. The summed E-state index contributed by atoms with van der Waals surface area (Å²) in [6, 6.07) is 81.9. The van der Waals surface area contributed by atoms with E-state index in [4.69, 9.17) is 24.9 Å². The average Bonchev–Trinajstić information content (AvgIpc) is 3.39. The maximum Gasteiger partial charge on any atom is 0.164 e. The minimum absolute atomic E-state index is 0.627. The monoisotopic (exact) mass is 817 g/mol. The molecule has 0 atom stereocenters. The lowest BCUT2D eigenvalue weighted by Crippen LogP contribution is -2.01. The van der Waals surface area contributed by atoms with Gasteiger partial charge < -0.3 is 0 Å². The molecule has 0 spiro atoms. The van der Waals surface area contributed by atoms with Gasteiger partial charge in [0.2, 0.25) is 0 Å². The number of nitrogens with zero attached hydrogens (tertiary/aromatic N) is 5. The van der Waals surface area contributed by atoms with Crippen LogP contribution in [0, 0.1) is 0 Å². The summed E-state index contributed by atoms with van der Waals surface area (Å²) in [5.74, 6) is 2.60. The predicted molar refractivity (Wildman–Crippen MR) is 262 cm³/mol. The molecule has 0 unspecified atom stereocenters. The van der Waals surface area contributed by atoms with Crippen molar-refractivity contribution >= 4 is 10.8 Å². The Labute approximate surface area is 372 Å². The Balaban J connectivity index is 0.961. The number of rotatable bonds is 9.